The molecule has 0 atom stereocenters. The number of hydrogen-bond donors (Lipinski definition) is 1. The van der Waals surface area contributed by atoms with Crippen LogP contribution in [0.2, 0.25) is 0 Å². The third-order valence-corrected chi connectivity index (χ3v) is 5.78. The number of rotatable bonds is 5. The van der Waals surface area contributed by atoms with Crippen molar-refractivity contribution in [2.24, 2.45) is 0 Å². The van der Waals surface area contributed by atoms with Gasteiger partial charge in [0, 0.05) is 36.4 Å². The van der Waals surface area contributed by atoms with E-state index in [1.165, 1.54) is 12.3 Å². The minimum absolute atomic E-state index is 0.200. The van der Waals surface area contributed by atoms with Crippen LogP contribution in [0.4, 0.5) is 10.2 Å². The summed E-state index contributed by atoms with van der Waals surface area (Å²) in [5, 5.41) is 19.1. The number of ether oxygens (including phenoxy) is 1. The summed E-state index contributed by atoms with van der Waals surface area (Å²) < 4.78 is 21.7. The van der Waals surface area contributed by atoms with Crippen LogP contribution in [0, 0.1) is 24.9 Å². The van der Waals surface area contributed by atoms with Gasteiger partial charge in [-0.1, -0.05) is 0 Å². The Hall–Kier alpha value is -4.86. The van der Waals surface area contributed by atoms with Gasteiger partial charge in [0.1, 0.15) is 22.9 Å². The highest BCUT2D eigenvalue weighted by atomic mass is 19.1. The number of carbonyl (C=O) groups excluding carboxylic acids is 1. The first-order valence-electron chi connectivity index (χ1n) is 11.0. The number of nitrogens with zero attached hydrogens (tertiary/aromatic N) is 5. The number of anilines is 1. The minimum Gasteiger partial charge on any atom is -0.618 e. The second-order valence-electron chi connectivity index (χ2n) is 8.18. The van der Waals surface area contributed by atoms with E-state index in [-0.39, 0.29) is 17.2 Å². The molecule has 1 N–H and O–H groups in total. The normalized spacial score (nSPS) is 11.0. The lowest BCUT2D eigenvalue weighted by Crippen LogP contribution is -2.31. The van der Waals surface area contributed by atoms with Gasteiger partial charge < -0.3 is 15.3 Å². The molecule has 0 unspecified atom stereocenters. The number of hydrogen-bond acceptors (Lipinski definition) is 6. The van der Waals surface area contributed by atoms with Gasteiger partial charge >= 0.3 is 0 Å². The number of nitrogens with one attached hydrogen (secondary N) is 1. The van der Waals surface area contributed by atoms with Crippen LogP contribution in [0.1, 0.15) is 21.6 Å². The molecule has 0 fully saturated rings. The lowest BCUT2D eigenvalue weighted by atomic mass is 10.0. The SMILES string of the molecule is COc1ccnn2c(-c3ccnc(NC(=O)c4ccc(C)[n+]([O-])c4)c3)c(-c3ccc(F)c(C)c3)nc12. The molecule has 0 aliphatic rings. The molecule has 5 aromatic rings. The highest BCUT2D eigenvalue weighted by Crippen LogP contribution is 2.35. The molecule has 0 saturated heterocycles. The summed E-state index contributed by atoms with van der Waals surface area (Å²) in [6.07, 6.45) is 4.35. The van der Waals surface area contributed by atoms with E-state index in [1.54, 1.807) is 80.3 Å². The number of aryl methyl sites for hydroxylation is 2. The summed E-state index contributed by atoms with van der Waals surface area (Å²) >= 11 is 0. The fourth-order valence-electron chi connectivity index (χ4n) is 3.86. The quantitative estimate of drug-likeness (QED) is 0.297. The van der Waals surface area contributed by atoms with Crippen molar-refractivity contribution >= 4 is 17.4 Å². The van der Waals surface area contributed by atoms with Gasteiger partial charge in [-0.15, -0.1) is 0 Å². The molecule has 1 aromatic carbocycles. The molecule has 4 aromatic heterocycles. The number of benzene rings is 1. The maximum Gasteiger partial charge on any atom is 0.262 e. The standard InChI is InChI=1S/C26H21FN6O3/c1-15-12-17(6-7-20(15)27)23-24(33-25(31-23)21(36-3)9-11-29-33)18-8-10-28-22(13-18)30-26(34)19-5-4-16(2)32(35)14-19/h4-14H,1-3H3,(H,28,30,34). The molecule has 1 amide bonds. The van der Waals surface area contributed by atoms with E-state index in [4.69, 9.17) is 9.72 Å². The van der Waals surface area contributed by atoms with Gasteiger partial charge in [0.05, 0.1) is 19.0 Å². The molecule has 0 bridgehead atoms. The number of halogens is 1. The Morgan fingerprint density at radius 1 is 1.08 bits per heavy atom. The van der Waals surface area contributed by atoms with Crippen molar-refractivity contribution in [1.82, 2.24) is 19.6 Å². The van der Waals surface area contributed by atoms with E-state index in [2.05, 4.69) is 15.4 Å². The summed E-state index contributed by atoms with van der Waals surface area (Å²) in [7, 11) is 1.54. The number of imidazole rings is 1. The Morgan fingerprint density at radius 3 is 2.67 bits per heavy atom. The molecule has 0 saturated carbocycles. The van der Waals surface area contributed by atoms with Crippen molar-refractivity contribution in [3.8, 4) is 28.3 Å². The summed E-state index contributed by atoms with van der Waals surface area (Å²) in [6, 6.07) is 13.0. The second-order valence-corrected chi connectivity index (χ2v) is 8.18. The van der Waals surface area contributed by atoms with Crippen LogP contribution < -0.4 is 14.8 Å². The van der Waals surface area contributed by atoms with Gasteiger partial charge in [-0.2, -0.15) is 9.83 Å². The Balaban J connectivity index is 1.62. The predicted octanol–water partition coefficient (Wildman–Crippen LogP) is 4.11. The van der Waals surface area contributed by atoms with E-state index in [0.717, 1.165) is 0 Å². The Kier molecular flexibility index (Phi) is 5.77. The Labute approximate surface area is 205 Å². The van der Waals surface area contributed by atoms with Crippen molar-refractivity contribution in [3.05, 3.63) is 95.0 Å². The monoisotopic (exact) mass is 484 g/mol. The Bertz CT molecular complexity index is 1630. The van der Waals surface area contributed by atoms with Crippen molar-refractivity contribution in [1.29, 1.82) is 0 Å². The number of carbonyl (C=O) groups is 1. The van der Waals surface area contributed by atoms with Crippen molar-refractivity contribution in [3.63, 3.8) is 0 Å². The third-order valence-electron chi connectivity index (χ3n) is 5.78. The van der Waals surface area contributed by atoms with Gasteiger partial charge in [0.15, 0.2) is 23.3 Å². The summed E-state index contributed by atoms with van der Waals surface area (Å²) in [4.78, 5) is 21.8. The fraction of sp³-hybridized carbons (Fsp3) is 0.115. The van der Waals surface area contributed by atoms with Crippen LogP contribution in [0.15, 0.2) is 67.1 Å². The Morgan fingerprint density at radius 2 is 1.92 bits per heavy atom. The first-order chi connectivity index (χ1) is 17.4. The smallest absolute Gasteiger partial charge is 0.262 e. The van der Waals surface area contributed by atoms with Crippen molar-refractivity contribution in [2.45, 2.75) is 13.8 Å². The van der Waals surface area contributed by atoms with Crippen LogP contribution >= 0.6 is 0 Å². The first kappa shape index (κ1) is 22.9. The fourth-order valence-corrected chi connectivity index (χ4v) is 3.86. The number of aromatic nitrogens is 5. The van der Waals surface area contributed by atoms with Crippen molar-refractivity contribution < 1.29 is 18.7 Å². The van der Waals surface area contributed by atoms with Gasteiger partial charge in [0.25, 0.3) is 5.91 Å². The molecule has 0 aliphatic heterocycles. The zero-order chi connectivity index (χ0) is 25.4. The van der Waals surface area contributed by atoms with E-state index in [0.29, 0.717) is 49.9 Å². The zero-order valence-electron chi connectivity index (χ0n) is 19.7. The maximum atomic E-state index is 14.0. The summed E-state index contributed by atoms with van der Waals surface area (Å²) in [5.41, 5.74) is 4.16. The summed E-state index contributed by atoms with van der Waals surface area (Å²) in [6.45, 7) is 3.34. The molecule has 10 heteroatoms. The molecule has 5 rings (SSSR count). The molecular formula is C26H21FN6O3. The molecule has 0 aliphatic carbocycles. The van der Waals surface area contributed by atoms with Gasteiger partial charge in [-0.3, -0.25) is 4.79 Å². The van der Waals surface area contributed by atoms with Gasteiger partial charge in [-0.05, 0) is 48.9 Å². The van der Waals surface area contributed by atoms with Crippen LogP contribution in [0.5, 0.6) is 5.75 Å². The molecule has 0 radical (unpaired) electrons. The third kappa shape index (κ3) is 4.09. The van der Waals surface area contributed by atoms with E-state index < -0.39 is 5.91 Å². The molecule has 4 heterocycles. The van der Waals surface area contributed by atoms with E-state index in [1.807, 2.05) is 0 Å². The van der Waals surface area contributed by atoms with Crippen molar-refractivity contribution in [2.75, 3.05) is 12.4 Å². The first-order valence-corrected chi connectivity index (χ1v) is 11.0. The largest absolute Gasteiger partial charge is 0.618 e. The molecule has 9 nitrogen and oxygen atoms in total. The van der Waals surface area contributed by atoms with Gasteiger partial charge in [0.2, 0.25) is 0 Å². The highest BCUT2D eigenvalue weighted by molar-refractivity contribution is 6.03. The zero-order valence-corrected chi connectivity index (χ0v) is 19.7. The van der Waals surface area contributed by atoms with Gasteiger partial charge in [-0.25, -0.2) is 18.9 Å². The molecule has 0 spiro atoms. The lowest BCUT2D eigenvalue weighted by molar-refractivity contribution is -0.612. The predicted molar refractivity (Wildman–Crippen MR) is 131 cm³/mol. The van der Waals surface area contributed by atoms with Crippen LogP contribution in [0.25, 0.3) is 28.2 Å². The second kappa shape index (κ2) is 9.06. The molecular weight excluding hydrogens is 463 g/mol. The molecule has 36 heavy (non-hydrogen) atoms. The minimum atomic E-state index is -0.475. The van der Waals surface area contributed by atoms with Crippen LogP contribution in [0.3, 0.4) is 0 Å². The topological polar surface area (TPSA) is 108 Å². The van der Waals surface area contributed by atoms with Crippen LogP contribution in [-0.2, 0) is 0 Å². The maximum absolute atomic E-state index is 14.0. The van der Waals surface area contributed by atoms with Crippen LogP contribution in [-0.4, -0.2) is 32.6 Å². The van der Waals surface area contributed by atoms with E-state index >= 15 is 0 Å². The summed E-state index contributed by atoms with van der Waals surface area (Å²) in [5.74, 6) is -0.000402. The number of pyridine rings is 2. The lowest BCUT2D eigenvalue weighted by Gasteiger charge is -2.09. The average molecular weight is 484 g/mol. The molecule has 180 valence electrons. The number of amides is 1. The van der Waals surface area contributed by atoms with E-state index in [9.17, 15) is 14.4 Å². The number of methoxy groups -OCH3 is 1. The number of fused-ring (bicyclic) bond motifs is 1. The highest BCUT2D eigenvalue weighted by Gasteiger charge is 2.21. The average Bonchev–Trinajstić information content (AvgIpc) is 3.27.